The molecular formula is C24H21F3N6O3S2. The smallest absolute Gasteiger partial charge is 0.417 e. The molecule has 2 N–H and O–H groups in total. The third kappa shape index (κ3) is 6.69. The van der Waals surface area contributed by atoms with Crippen molar-refractivity contribution in [3.63, 3.8) is 0 Å². The molecule has 2 aromatic carbocycles. The fraction of sp³-hybridized carbons (Fsp3) is 0.208. The van der Waals surface area contributed by atoms with E-state index in [2.05, 4.69) is 25.8 Å². The molecule has 0 spiro atoms. The highest BCUT2D eigenvalue weighted by molar-refractivity contribution is 7.99. The lowest BCUT2D eigenvalue weighted by Gasteiger charge is -2.14. The highest BCUT2D eigenvalue weighted by atomic mass is 32.2. The maximum absolute atomic E-state index is 13.4. The van der Waals surface area contributed by atoms with Crippen LogP contribution in [0.15, 0.2) is 65.3 Å². The van der Waals surface area contributed by atoms with Gasteiger partial charge < -0.3 is 15.4 Å². The summed E-state index contributed by atoms with van der Waals surface area (Å²) in [5.74, 6) is -0.309. The molecule has 198 valence electrons. The maximum atomic E-state index is 13.4. The molecule has 2 amide bonds. The molecule has 0 unspecified atom stereocenters. The number of ether oxygens (including phenoxy) is 1. The Bertz CT molecular complexity index is 1390. The van der Waals surface area contributed by atoms with Gasteiger partial charge in [0.05, 0.1) is 30.0 Å². The van der Waals surface area contributed by atoms with Crippen molar-refractivity contribution in [2.75, 3.05) is 17.7 Å². The van der Waals surface area contributed by atoms with Gasteiger partial charge in [-0.05, 0) is 43.3 Å². The summed E-state index contributed by atoms with van der Waals surface area (Å²) in [5.41, 5.74) is -0.921. The number of nitrogens with one attached hydrogen (secondary N) is 2. The maximum Gasteiger partial charge on any atom is 0.417 e. The highest BCUT2D eigenvalue weighted by Gasteiger charge is 2.34. The summed E-state index contributed by atoms with van der Waals surface area (Å²) in [5, 5.41) is 16.0. The third-order valence-corrected chi connectivity index (χ3v) is 6.62. The van der Waals surface area contributed by atoms with Crippen LogP contribution in [0.4, 0.5) is 18.3 Å². The number of carbonyl (C=O) groups excluding carboxylic acids is 2. The first kappa shape index (κ1) is 27.1. The minimum atomic E-state index is -4.68. The second-order valence-electron chi connectivity index (χ2n) is 7.56. The fourth-order valence-corrected chi connectivity index (χ4v) is 4.70. The molecule has 0 aliphatic rings. The van der Waals surface area contributed by atoms with Gasteiger partial charge >= 0.3 is 6.18 Å². The molecule has 38 heavy (non-hydrogen) atoms. The van der Waals surface area contributed by atoms with Crippen LogP contribution in [0.5, 0.6) is 5.75 Å². The van der Waals surface area contributed by atoms with E-state index in [0.717, 1.165) is 23.9 Å². The number of halogens is 3. The Morgan fingerprint density at radius 3 is 2.55 bits per heavy atom. The predicted molar refractivity (Wildman–Crippen MR) is 137 cm³/mol. The molecule has 4 aromatic rings. The van der Waals surface area contributed by atoms with Crippen molar-refractivity contribution in [1.82, 2.24) is 25.1 Å². The summed E-state index contributed by atoms with van der Waals surface area (Å²) in [7, 11) is 0. The van der Waals surface area contributed by atoms with Crippen LogP contribution >= 0.6 is 23.1 Å². The summed E-state index contributed by atoms with van der Waals surface area (Å²) >= 11 is 2.39. The quantitative estimate of drug-likeness (QED) is 0.267. The number of benzene rings is 2. The van der Waals surface area contributed by atoms with Crippen LogP contribution in [0, 0.1) is 0 Å². The average Bonchev–Trinajstić information content (AvgIpc) is 3.56. The predicted octanol–water partition coefficient (Wildman–Crippen LogP) is 4.80. The Morgan fingerprint density at radius 1 is 1.11 bits per heavy atom. The molecule has 0 saturated heterocycles. The van der Waals surface area contributed by atoms with E-state index in [1.807, 2.05) is 6.92 Å². The number of alkyl halides is 3. The molecular weight excluding hydrogens is 541 g/mol. The van der Waals surface area contributed by atoms with Gasteiger partial charge in [0.25, 0.3) is 5.91 Å². The van der Waals surface area contributed by atoms with Crippen molar-refractivity contribution >= 4 is 40.0 Å². The Kier molecular flexibility index (Phi) is 8.63. The lowest BCUT2D eigenvalue weighted by Crippen LogP contribution is -2.27. The first-order chi connectivity index (χ1) is 18.3. The van der Waals surface area contributed by atoms with Crippen LogP contribution in [0.25, 0.3) is 5.69 Å². The largest absolute Gasteiger partial charge is 0.494 e. The molecule has 0 aliphatic heterocycles. The van der Waals surface area contributed by atoms with Gasteiger partial charge in [-0.1, -0.05) is 23.9 Å². The van der Waals surface area contributed by atoms with Gasteiger partial charge in [-0.2, -0.15) is 13.2 Å². The molecule has 0 fully saturated rings. The minimum Gasteiger partial charge on any atom is -0.494 e. The Labute approximate surface area is 223 Å². The van der Waals surface area contributed by atoms with Gasteiger partial charge in [-0.25, -0.2) is 4.98 Å². The number of nitrogens with zero attached hydrogens (tertiary/aromatic N) is 4. The molecule has 2 heterocycles. The number of rotatable bonds is 10. The fourth-order valence-electron chi connectivity index (χ4n) is 3.38. The lowest BCUT2D eigenvalue weighted by molar-refractivity contribution is -0.138. The number of hydrogen-bond acceptors (Lipinski definition) is 8. The molecule has 2 aromatic heterocycles. The number of anilines is 1. The van der Waals surface area contributed by atoms with Crippen LogP contribution in [0.1, 0.15) is 28.7 Å². The molecule has 0 atom stereocenters. The number of thiazole rings is 1. The van der Waals surface area contributed by atoms with Crippen LogP contribution in [-0.4, -0.2) is 43.9 Å². The number of amides is 2. The van der Waals surface area contributed by atoms with E-state index < -0.39 is 23.2 Å². The van der Waals surface area contributed by atoms with E-state index >= 15 is 0 Å². The second-order valence-corrected chi connectivity index (χ2v) is 9.40. The van der Waals surface area contributed by atoms with Crippen LogP contribution in [-0.2, 0) is 17.5 Å². The monoisotopic (exact) mass is 562 g/mol. The normalized spacial score (nSPS) is 11.3. The molecule has 0 aliphatic carbocycles. The third-order valence-electron chi connectivity index (χ3n) is 5.00. The van der Waals surface area contributed by atoms with E-state index in [4.69, 9.17) is 4.74 Å². The first-order valence-electron chi connectivity index (χ1n) is 11.2. The average molecular weight is 563 g/mol. The van der Waals surface area contributed by atoms with Crippen molar-refractivity contribution in [2.24, 2.45) is 0 Å². The van der Waals surface area contributed by atoms with Gasteiger partial charge in [0, 0.05) is 17.3 Å². The van der Waals surface area contributed by atoms with Crippen LogP contribution in [0.2, 0.25) is 0 Å². The number of hydrogen-bond donors (Lipinski definition) is 2. The molecule has 0 radical (unpaired) electrons. The number of thioether (sulfide) groups is 1. The first-order valence-corrected chi connectivity index (χ1v) is 13.1. The summed E-state index contributed by atoms with van der Waals surface area (Å²) < 4.78 is 47.2. The van der Waals surface area contributed by atoms with E-state index in [9.17, 15) is 22.8 Å². The topological polar surface area (TPSA) is 111 Å². The zero-order chi connectivity index (χ0) is 27.1. The molecule has 14 heteroatoms. The second kappa shape index (κ2) is 12.1. The summed E-state index contributed by atoms with van der Waals surface area (Å²) in [4.78, 5) is 29.0. The lowest BCUT2D eigenvalue weighted by atomic mass is 10.1. The van der Waals surface area contributed by atoms with E-state index in [-0.39, 0.29) is 24.0 Å². The standard InChI is InChI=1S/C24H21F3N6O3S2/c1-2-36-16-9-7-15(8-10-16)33-19(13-29-21(35)17-5-3-4-6-18(17)24(25,26)27)31-32-23(33)38-14-20(34)30-22-28-11-12-37-22/h3-12H,2,13-14H2,1H3,(H,29,35)(H,28,30,34). The Hall–Kier alpha value is -3.91. The van der Waals surface area contributed by atoms with Crippen molar-refractivity contribution in [3.8, 4) is 11.4 Å². The molecule has 0 saturated carbocycles. The van der Waals surface area contributed by atoms with E-state index in [1.165, 1.54) is 23.5 Å². The van der Waals surface area contributed by atoms with E-state index in [1.54, 1.807) is 40.4 Å². The summed E-state index contributed by atoms with van der Waals surface area (Å²) in [6.07, 6.45) is -3.11. The van der Waals surface area contributed by atoms with Gasteiger partial charge in [-0.15, -0.1) is 21.5 Å². The Morgan fingerprint density at radius 2 is 1.87 bits per heavy atom. The number of aromatic nitrogens is 4. The molecule has 4 rings (SSSR count). The van der Waals surface area contributed by atoms with Crippen molar-refractivity contribution in [2.45, 2.75) is 24.8 Å². The SMILES string of the molecule is CCOc1ccc(-n2c(CNC(=O)c3ccccc3C(F)(F)F)nnc2SCC(=O)Nc2nccs2)cc1. The summed E-state index contributed by atoms with van der Waals surface area (Å²) in [6.45, 7) is 2.13. The zero-order valence-electron chi connectivity index (χ0n) is 19.9. The van der Waals surface area contributed by atoms with E-state index in [0.29, 0.717) is 28.3 Å². The van der Waals surface area contributed by atoms with Crippen LogP contribution in [0.3, 0.4) is 0 Å². The molecule has 0 bridgehead atoms. The summed E-state index contributed by atoms with van der Waals surface area (Å²) in [6, 6.07) is 11.5. The van der Waals surface area contributed by atoms with Gasteiger partial charge in [-0.3, -0.25) is 14.2 Å². The van der Waals surface area contributed by atoms with Gasteiger partial charge in [0.1, 0.15) is 5.75 Å². The minimum absolute atomic E-state index is 0.0000594. The van der Waals surface area contributed by atoms with Gasteiger partial charge in [0.15, 0.2) is 16.1 Å². The van der Waals surface area contributed by atoms with Crippen LogP contribution < -0.4 is 15.4 Å². The molecule has 9 nitrogen and oxygen atoms in total. The van der Waals surface area contributed by atoms with Crippen molar-refractivity contribution in [3.05, 3.63) is 77.1 Å². The zero-order valence-corrected chi connectivity index (χ0v) is 21.5. The van der Waals surface area contributed by atoms with Crippen molar-refractivity contribution < 1.29 is 27.5 Å². The Balaban J connectivity index is 1.55. The van der Waals surface area contributed by atoms with Gasteiger partial charge in [0.2, 0.25) is 5.91 Å². The number of carbonyl (C=O) groups is 2. The van der Waals surface area contributed by atoms with Crippen molar-refractivity contribution in [1.29, 1.82) is 0 Å². The highest BCUT2D eigenvalue weighted by Crippen LogP contribution is 2.32.